The number of benzene rings is 1. The Morgan fingerprint density at radius 3 is 2.47 bits per heavy atom. The number of unbranched alkanes of at least 4 members (excludes halogenated alkanes) is 1. The fourth-order valence-corrected chi connectivity index (χ4v) is 3.94. The lowest BCUT2D eigenvalue weighted by atomic mass is 10.00. The first-order valence-corrected chi connectivity index (χ1v) is 11.4. The summed E-state index contributed by atoms with van der Waals surface area (Å²) in [7, 11) is 0. The minimum Gasteiger partial charge on any atom is -0.507 e. The average molecular weight is 412 g/mol. The van der Waals surface area contributed by atoms with E-state index in [1.165, 1.54) is 5.69 Å². The fourth-order valence-electron chi connectivity index (χ4n) is 3.94. The molecule has 1 aromatic carbocycles. The summed E-state index contributed by atoms with van der Waals surface area (Å²) in [5.41, 5.74) is 3.16. The molecule has 0 bridgehead atoms. The third kappa shape index (κ3) is 6.36. The van der Waals surface area contributed by atoms with Crippen LogP contribution in [-0.2, 0) is 6.42 Å². The van der Waals surface area contributed by atoms with E-state index < -0.39 is 0 Å². The van der Waals surface area contributed by atoms with Crippen LogP contribution >= 0.6 is 0 Å². The third-order valence-corrected chi connectivity index (χ3v) is 5.98. The van der Waals surface area contributed by atoms with Gasteiger partial charge < -0.3 is 14.7 Å². The largest absolute Gasteiger partial charge is 0.507 e. The molecule has 3 rings (SSSR count). The fraction of sp³-hybridized carbons (Fsp3) is 0.560. The number of ether oxygens (including phenoxy) is 1. The van der Waals surface area contributed by atoms with Crippen molar-refractivity contribution in [2.45, 2.75) is 46.5 Å². The number of phenolic OH excluding ortho intramolecular Hbond substituents is 1. The average Bonchev–Trinajstić information content (AvgIpc) is 2.76. The summed E-state index contributed by atoms with van der Waals surface area (Å²) in [6.45, 7) is 12.5. The summed E-state index contributed by atoms with van der Waals surface area (Å²) in [5.74, 6) is 1.85. The van der Waals surface area contributed by atoms with E-state index in [1.54, 1.807) is 0 Å². The van der Waals surface area contributed by atoms with Crippen molar-refractivity contribution >= 4 is 5.69 Å². The standard InChI is InChI=1S/C25H37N3O2/c1-20(2)6-7-22-8-9-24(21(3)25(22)29)30-19-5-4-14-27-15-17-28(18-16-27)23-10-12-26-13-11-23/h8-13,20,29H,4-7,14-19H2,1-3H3. The summed E-state index contributed by atoms with van der Waals surface area (Å²) in [4.78, 5) is 9.07. The molecule has 0 atom stereocenters. The van der Waals surface area contributed by atoms with Crippen molar-refractivity contribution in [3.63, 3.8) is 0 Å². The zero-order valence-corrected chi connectivity index (χ0v) is 18.8. The molecule has 1 saturated heterocycles. The van der Waals surface area contributed by atoms with Gasteiger partial charge in [0.15, 0.2) is 0 Å². The highest BCUT2D eigenvalue weighted by atomic mass is 16.5. The van der Waals surface area contributed by atoms with Crippen LogP contribution < -0.4 is 9.64 Å². The molecule has 0 spiro atoms. The zero-order valence-electron chi connectivity index (χ0n) is 18.8. The minimum absolute atomic E-state index is 0.403. The van der Waals surface area contributed by atoms with E-state index in [9.17, 15) is 5.11 Å². The molecule has 0 radical (unpaired) electrons. The summed E-state index contributed by atoms with van der Waals surface area (Å²) in [5, 5.41) is 10.5. The molecule has 0 unspecified atom stereocenters. The molecule has 0 amide bonds. The quantitative estimate of drug-likeness (QED) is 0.576. The maximum Gasteiger partial charge on any atom is 0.125 e. The highest BCUT2D eigenvalue weighted by Crippen LogP contribution is 2.31. The van der Waals surface area contributed by atoms with E-state index >= 15 is 0 Å². The molecule has 2 heterocycles. The van der Waals surface area contributed by atoms with Gasteiger partial charge in [-0.1, -0.05) is 19.9 Å². The summed E-state index contributed by atoms with van der Waals surface area (Å²) in [6.07, 6.45) is 7.89. The van der Waals surface area contributed by atoms with Crippen molar-refractivity contribution in [2.75, 3.05) is 44.2 Å². The van der Waals surface area contributed by atoms with Gasteiger partial charge >= 0.3 is 0 Å². The Labute approximate surface area is 181 Å². The number of aryl methyl sites for hydroxylation is 1. The van der Waals surface area contributed by atoms with Gasteiger partial charge in [-0.15, -0.1) is 0 Å². The number of nitrogens with zero attached hydrogens (tertiary/aromatic N) is 3. The monoisotopic (exact) mass is 411 g/mol. The Morgan fingerprint density at radius 2 is 1.77 bits per heavy atom. The molecular formula is C25H37N3O2. The molecule has 1 aromatic heterocycles. The number of piperazine rings is 1. The van der Waals surface area contributed by atoms with Gasteiger partial charge in [0.05, 0.1) is 6.61 Å². The highest BCUT2D eigenvalue weighted by molar-refractivity contribution is 5.48. The lowest BCUT2D eigenvalue weighted by Gasteiger charge is -2.36. The zero-order chi connectivity index (χ0) is 21.3. The van der Waals surface area contributed by atoms with Crippen LogP contribution in [0.15, 0.2) is 36.7 Å². The van der Waals surface area contributed by atoms with Crippen molar-refractivity contribution in [1.82, 2.24) is 9.88 Å². The number of anilines is 1. The van der Waals surface area contributed by atoms with Crippen LogP contribution in [0.3, 0.4) is 0 Å². The lowest BCUT2D eigenvalue weighted by molar-refractivity contribution is 0.238. The second-order valence-electron chi connectivity index (χ2n) is 8.72. The number of aromatic nitrogens is 1. The maximum atomic E-state index is 10.5. The van der Waals surface area contributed by atoms with Crippen LogP contribution in [0.1, 0.15) is 44.2 Å². The Bertz CT molecular complexity index is 771. The summed E-state index contributed by atoms with van der Waals surface area (Å²) >= 11 is 0. The van der Waals surface area contributed by atoms with E-state index in [4.69, 9.17) is 4.74 Å². The van der Waals surface area contributed by atoms with Crippen LogP contribution in [0.25, 0.3) is 0 Å². The van der Waals surface area contributed by atoms with Gasteiger partial charge in [0.1, 0.15) is 11.5 Å². The van der Waals surface area contributed by atoms with E-state index in [0.717, 1.165) is 75.3 Å². The highest BCUT2D eigenvalue weighted by Gasteiger charge is 2.16. The van der Waals surface area contributed by atoms with Crippen molar-refractivity contribution in [3.05, 3.63) is 47.8 Å². The van der Waals surface area contributed by atoms with Crippen LogP contribution in [-0.4, -0.2) is 54.3 Å². The summed E-state index contributed by atoms with van der Waals surface area (Å²) < 4.78 is 5.97. The molecule has 0 saturated carbocycles. The molecule has 1 aliphatic rings. The van der Waals surface area contributed by atoms with Crippen LogP contribution in [0.2, 0.25) is 0 Å². The van der Waals surface area contributed by atoms with Crippen LogP contribution in [0.4, 0.5) is 5.69 Å². The lowest BCUT2D eigenvalue weighted by Crippen LogP contribution is -2.46. The molecule has 1 N–H and O–H groups in total. The van der Waals surface area contributed by atoms with Gasteiger partial charge in [-0.2, -0.15) is 0 Å². The molecule has 5 nitrogen and oxygen atoms in total. The molecule has 0 aliphatic carbocycles. The Morgan fingerprint density at radius 1 is 1.03 bits per heavy atom. The van der Waals surface area contributed by atoms with E-state index in [-0.39, 0.29) is 0 Å². The number of hydrogen-bond acceptors (Lipinski definition) is 5. The molecule has 2 aromatic rings. The molecule has 5 heteroatoms. The van der Waals surface area contributed by atoms with Crippen LogP contribution in [0, 0.1) is 12.8 Å². The van der Waals surface area contributed by atoms with Crippen molar-refractivity contribution in [3.8, 4) is 11.5 Å². The SMILES string of the molecule is Cc1c(OCCCCN2CCN(c3ccncc3)CC2)ccc(CCC(C)C)c1O. The van der Waals surface area contributed by atoms with Crippen molar-refractivity contribution in [2.24, 2.45) is 5.92 Å². The number of hydrogen-bond donors (Lipinski definition) is 1. The van der Waals surface area contributed by atoms with Gasteiger partial charge in [0.2, 0.25) is 0 Å². The first kappa shape index (κ1) is 22.4. The second kappa shape index (κ2) is 11.2. The Balaban J connectivity index is 1.34. The van der Waals surface area contributed by atoms with E-state index in [1.807, 2.05) is 31.5 Å². The second-order valence-corrected chi connectivity index (χ2v) is 8.72. The van der Waals surface area contributed by atoms with E-state index in [2.05, 4.69) is 40.8 Å². The van der Waals surface area contributed by atoms with Crippen molar-refractivity contribution < 1.29 is 9.84 Å². The number of aromatic hydroxyl groups is 1. The van der Waals surface area contributed by atoms with Gasteiger partial charge in [-0.05, 0) is 68.8 Å². The normalized spacial score (nSPS) is 15.0. The van der Waals surface area contributed by atoms with Crippen LogP contribution in [0.5, 0.6) is 11.5 Å². The Hall–Kier alpha value is -2.27. The van der Waals surface area contributed by atoms with Gasteiger partial charge in [0, 0.05) is 49.8 Å². The van der Waals surface area contributed by atoms with Gasteiger partial charge in [-0.25, -0.2) is 0 Å². The van der Waals surface area contributed by atoms with Gasteiger partial charge in [0.25, 0.3) is 0 Å². The predicted octanol–water partition coefficient (Wildman–Crippen LogP) is 4.67. The minimum atomic E-state index is 0.403. The molecule has 1 aliphatic heterocycles. The topological polar surface area (TPSA) is 48.8 Å². The predicted molar refractivity (Wildman–Crippen MR) is 124 cm³/mol. The Kier molecular flexibility index (Phi) is 8.38. The third-order valence-electron chi connectivity index (χ3n) is 5.98. The first-order valence-electron chi connectivity index (χ1n) is 11.4. The molecule has 30 heavy (non-hydrogen) atoms. The number of phenols is 1. The van der Waals surface area contributed by atoms with Crippen molar-refractivity contribution in [1.29, 1.82) is 0 Å². The first-order chi connectivity index (χ1) is 14.5. The summed E-state index contributed by atoms with van der Waals surface area (Å²) in [6, 6.07) is 8.21. The number of pyridine rings is 1. The number of rotatable bonds is 10. The van der Waals surface area contributed by atoms with Gasteiger partial charge in [-0.3, -0.25) is 9.88 Å². The molecular weight excluding hydrogens is 374 g/mol. The maximum absolute atomic E-state index is 10.5. The molecule has 164 valence electrons. The smallest absolute Gasteiger partial charge is 0.125 e. The molecule has 1 fully saturated rings. The van der Waals surface area contributed by atoms with E-state index in [0.29, 0.717) is 18.3 Å².